The van der Waals surface area contributed by atoms with Gasteiger partial charge in [-0.05, 0) is 36.4 Å². The molecule has 2 heterocycles. The van der Waals surface area contributed by atoms with E-state index >= 15 is 0 Å². The number of nitrogens with two attached hydrogens (primary N) is 1. The number of hydrogen-bond acceptors (Lipinski definition) is 6. The number of sulfonamides is 1. The molecule has 3 rings (SSSR count). The smallest absolute Gasteiger partial charge is 0.252 e. The van der Waals surface area contributed by atoms with Gasteiger partial charge in [0.15, 0.2) is 0 Å². The van der Waals surface area contributed by atoms with Crippen LogP contribution in [0.2, 0.25) is 0 Å². The van der Waals surface area contributed by atoms with Crippen LogP contribution >= 0.6 is 11.3 Å². The zero-order chi connectivity index (χ0) is 15.7. The van der Waals surface area contributed by atoms with Crippen molar-refractivity contribution in [2.24, 2.45) is 0 Å². The quantitative estimate of drug-likeness (QED) is 0.886. The van der Waals surface area contributed by atoms with Gasteiger partial charge in [0.1, 0.15) is 9.96 Å². The topological polar surface area (TPSA) is 86.9 Å². The van der Waals surface area contributed by atoms with Crippen LogP contribution in [0.25, 0.3) is 0 Å². The van der Waals surface area contributed by atoms with Gasteiger partial charge in [0, 0.05) is 31.9 Å². The first-order chi connectivity index (χ1) is 10.5. The molecule has 0 unspecified atom stereocenters. The van der Waals surface area contributed by atoms with Crippen LogP contribution in [0, 0.1) is 0 Å². The predicted octanol–water partition coefficient (Wildman–Crippen LogP) is 1.55. The number of phenolic OH excluding ortho intramolecular Hbond substituents is 1. The normalized spacial score (nSPS) is 16.8. The summed E-state index contributed by atoms with van der Waals surface area (Å²) < 4.78 is 26.8. The molecule has 3 N–H and O–H groups in total. The lowest BCUT2D eigenvalue weighted by Gasteiger charge is -2.35. The first-order valence-electron chi connectivity index (χ1n) is 6.86. The molecule has 0 amide bonds. The van der Waals surface area contributed by atoms with E-state index in [-0.39, 0.29) is 5.75 Å². The molecule has 0 spiro atoms. The van der Waals surface area contributed by atoms with Crippen LogP contribution in [0.5, 0.6) is 5.75 Å². The monoisotopic (exact) mass is 339 g/mol. The molecule has 22 heavy (non-hydrogen) atoms. The van der Waals surface area contributed by atoms with E-state index in [0.29, 0.717) is 35.4 Å². The molecule has 1 aromatic carbocycles. The molecule has 0 radical (unpaired) electrons. The van der Waals surface area contributed by atoms with Crippen LogP contribution in [-0.4, -0.2) is 44.0 Å². The molecule has 1 fully saturated rings. The average Bonchev–Trinajstić information content (AvgIpc) is 2.96. The van der Waals surface area contributed by atoms with Gasteiger partial charge in [0.2, 0.25) is 0 Å². The van der Waals surface area contributed by atoms with Gasteiger partial charge in [0.05, 0.1) is 5.00 Å². The van der Waals surface area contributed by atoms with E-state index in [1.807, 2.05) is 12.1 Å². The maximum atomic E-state index is 12.5. The first-order valence-corrected chi connectivity index (χ1v) is 9.12. The van der Waals surface area contributed by atoms with Crippen LogP contribution in [0.3, 0.4) is 0 Å². The summed E-state index contributed by atoms with van der Waals surface area (Å²) in [6, 6.07) is 10.1. The largest absolute Gasteiger partial charge is 0.508 e. The van der Waals surface area contributed by atoms with Crippen LogP contribution < -0.4 is 10.6 Å². The maximum Gasteiger partial charge on any atom is 0.252 e. The lowest BCUT2D eigenvalue weighted by molar-refractivity contribution is 0.386. The van der Waals surface area contributed by atoms with Gasteiger partial charge in [-0.3, -0.25) is 0 Å². The molecule has 0 aliphatic carbocycles. The highest BCUT2D eigenvalue weighted by molar-refractivity contribution is 7.91. The summed E-state index contributed by atoms with van der Waals surface area (Å²) in [5.74, 6) is 0.222. The van der Waals surface area contributed by atoms with Gasteiger partial charge >= 0.3 is 0 Å². The van der Waals surface area contributed by atoms with Crippen molar-refractivity contribution in [2.45, 2.75) is 4.21 Å². The maximum absolute atomic E-state index is 12.5. The van der Waals surface area contributed by atoms with E-state index in [2.05, 4.69) is 4.90 Å². The number of aromatic hydroxyl groups is 1. The molecule has 1 aliphatic rings. The van der Waals surface area contributed by atoms with E-state index in [0.717, 1.165) is 17.0 Å². The highest BCUT2D eigenvalue weighted by Crippen LogP contribution is 2.28. The van der Waals surface area contributed by atoms with Gasteiger partial charge in [-0.1, -0.05) is 0 Å². The number of rotatable bonds is 3. The first kappa shape index (κ1) is 15.1. The van der Waals surface area contributed by atoms with E-state index in [1.54, 1.807) is 24.3 Å². The fourth-order valence-corrected chi connectivity index (χ4v) is 5.12. The molecule has 1 aromatic heterocycles. The minimum atomic E-state index is -3.45. The minimum absolute atomic E-state index is 0.222. The SMILES string of the molecule is Nc1ccc(S(=O)(=O)N2CCN(c3ccc(O)cc3)CC2)s1. The van der Waals surface area contributed by atoms with Gasteiger partial charge < -0.3 is 15.7 Å². The molecule has 0 atom stereocenters. The van der Waals surface area contributed by atoms with Crippen molar-refractivity contribution in [3.63, 3.8) is 0 Å². The summed E-state index contributed by atoms with van der Waals surface area (Å²) in [6.07, 6.45) is 0. The average molecular weight is 339 g/mol. The van der Waals surface area contributed by atoms with E-state index < -0.39 is 10.0 Å². The molecule has 8 heteroatoms. The second-order valence-electron chi connectivity index (χ2n) is 5.06. The minimum Gasteiger partial charge on any atom is -0.508 e. The zero-order valence-corrected chi connectivity index (χ0v) is 13.5. The fraction of sp³-hybridized carbons (Fsp3) is 0.286. The number of anilines is 2. The Kier molecular flexibility index (Phi) is 3.98. The van der Waals surface area contributed by atoms with Crippen molar-refractivity contribution in [2.75, 3.05) is 36.8 Å². The van der Waals surface area contributed by atoms with Crippen LogP contribution in [-0.2, 0) is 10.0 Å². The van der Waals surface area contributed by atoms with Gasteiger partial charge in [-0.25, -0.2) is 8.42 Å². The van der Waals surface area contributed by atoms with Crippen LogP contribution in [0.4, 0.5) is 10.7 Å². The summed E-state index contributed by atoms with van der Waals surface area (Å²) in [6.45, 7) is 2.09. The number of piperazine rings is 1. The fourth-order valence-electron chi connectivity index (χ4n) is 2.45. The molecular formula is C14H17N3O3S2. The van der Waals surface area contributed by atoms with E-state index in [1.165, 1.54) is 4.31 Å². The van der Waals surface area contributed by atoms with Crippen molar-refractivity contribution < 1.29 is 13.5 Å². The Morgan fingerprint density at radius 3 is 2.18 bits per heavy atom. The van der Waals surface area contributed by atoms with Crippen molar-refractivity contribution in [3.05, 3.63) is 36.4 Å². The highest BCUT2D eigenvalue weighted by atomic mass is 32.2. The van der Waals surface area contributed by atoms with Gasteiger partial charge in [0.25, 0.3) is 10.0 Å². The lowest BCUT2D eigenvalue weighted by Crippen LogP contribution is -2.48. The Balaban J connectivity index is 1.70. The third-order valence-corrected chi connectivity index (χ3v) is 6.93. The third-order valence-electron chi connectivity index (χ3n) is 3.65. The standard InChI is InChI=1S/C14H17N3O3S2/c15-13-5-6-14(21-13)22(19,20)17-9-7-16(8-10-17)11-1-3-12(18)4-2-11/h1-6,18H,7-10,15H2. The molecule has 1 saturated heterocycles. The number of thiophene rings is 1. The van der Waals surface area contributed by atoms with Crippen LogP contribution in [0.15, 0.2) is 40.6 Å². The second-order valence-corrected chi connectivity index (χ2v) is 8.34. The van der Waals surface area contributed by atoms with Crippen molar-refractivity contribution in [1.82, 2.24) is 4.31 Å². The van der Waals surface area contributed by atoms with Crippen molar-refractivity contribution in [1.29, 1.82) is 0 Å². The summed E-state index contributed by atoms with van der Waals surface area (Å²) in [4.78, 5) is 2.11. The highest BCUT2D eigenvalue weighted by Gasteiger charge is 2.29. The lowest BCUT2D eigenvalue weighted by atomic mass is 10.2. The van der Waals surface area contributed by atoms with Crippen LogP contribution in [0.1, 0.15) is 0 Å². The third kappa shape index (κ3) is 2.90. The summed E-state index contributed by atoms with van der Waals surface area (Å²) in [5, 5.41) is 9.82. The number of benzene rings is 1. The van der Waals surface area contributed by atoms with Crippen molar-refractivity contribution >= 4 is 32.0 Å². The molecule has 1 aliphatic heterocycles. The number of hydrogen-bond donors (Lipinski definition) is 2. The number of nitrogen functional groups attached to an aromatic ring is 1. The number of phenols is 1. The Hall–Kier alpha value is -1.77. The Labute approximate surface area is 133 Å². The summed E-state index contributed by atoms with van der Waals surface area (Å²) in [7, 11) is -3.45. The summed E-state index contributed by atoms with van der Waals surface area (Å²) in [5.41, 5.74) is 6.60. The number of nitrogens with zero attached hydrogens (tertiary/aromatic N) is 2. The molecule has 2 aromatic rings. The van der Waals surface area contributed by atoms with Crippen molar-refractivity contribution in [3.8, 4) is 5.75 Å². The Morgan fingerprint density at radius 1 is 1.00 bits per heavy atom. The van der Waals surface area contributed by atoms with Gasteiger partial charge in [-0.2, -0.15) is 4.31 Å². The molecule has 0 saturated carbocycles. The Bertz CT molecular complexity index is 748. The molecular weight excluding hydrogens is 322 g/mol. The summed E-state index contributed by atoms with van der Waals surface area (Å²) >= 11 is 1.09. The predicted molar refractivity (Wildman–Crippen MR) is 87.8 cm³/mol. The van der Waals surface area contributed by atoms with E-state index in [9.17, 15) is 13.5 Å². The second kappa shape index (κ2) is 5.79. The molecule has 6 nitrogen and oxygen atoms in total. The van der Waals surface area contributed by atoms with E-state index in [4.69, 9.17) is 5.73 Å². The molecule has 0 bridgehead atoms. The van der Waals surface area contributed by atoms with Gasteiger partial charge in [-0.15, -0.1) is 11.3 Å². The molecule has 118 valence electrons. The Morgan fingerprint density at radius 2 is 1.64 bits per heavy atom. The zero-order valence-electron chi connectivity index (χ0n) is 11.8.